The van der Waals surface area contributed by atoms with Crippen molar-refractivity contribution >= 4 is 16.8 Å². The van der Waals surface area contributed by atoms with E-state index in [-0.39, 0.29) is 17.2 Å². The number of phenols is 1. The Labute approximate surface area is 164 Å². The van der Waals surface area contributed by atoms with Crippen molar-refractivity contribution in [3.05, 3.63) is 69.9 Å². The number of pyridine rings is 1. The Hall–Kier alpha value is -2.92. The number of aromatic nitrogens is 1. The van der Waals surface area contributed by atoms with Crippen molar-refractivity contribution in [3.8, 4) is 5.75 Å². The largest absolute Gasteiger partial charge is 0.505 e. The minimum Gasteiger partial charge on any atom is -0.505 e. The normalized spacial score (nSPS) is 14.0. The van der Waals surface area contributed by atoms with E-state index in [2.05, 4.69) is 36.2 Å². The fraction of sp³-hybridized carbons (Fsp3) is 0.304. The van der Waals surface area contributed by atoms with Crippen molar-refractivity contribution in [1.82, 2.24) is 9.88 Å². The van der Waals surface area contributed by atoms with Gasteiger partial charge < -0.3 is 15.1 Å². The lowest BCUT2D eigenvalue weighted by atomic mass is 9.86. The van der Waals surface area contributed by atoms with Crippen LogP contribution in [0.2, 0.25) is 0 Å². The highest BCUT2D eigenvalue weighted by atomic mass is 16.3. The van der Waals surface area contributed by atoms with Crippen LogP contribution in [0, 0.1) is 6.92 Å². The number of aryl methyl sites for hydroxylation is 1. The van der Waals surface area contributed by atoms with E-state index in [4.69, 9.17) is 0 Å². The fourth-order valence-corrected chi connectivity index (χ4v) is 4.06. The lowest BCUT2D eigenvalue weighted by molar-refractivity contribution is 0.0776. The van der Waals surface area contributed by atoms with Crippen LogP contribution in [0.15, 0.2) is 36.5 Å². The molecule has 0 saturated heterocycles. The Bertz CT molecular complexity index is 1100. The Morgan fingerprint density at radius 3 is 2.50 bits per heavy atom. The zero-order chi connectivity index (χ0) is 20.2. The first-order valence-electron chi connectivity index (χ1n) is 9.37. The highest BCUT2D eigenvalue weighted by Gasteiger charge is 2.36. The van der Waals surface area contributed by atoms with Gasteiger partial charge in [-0.2, -0.15) is 0 Å². The molecule has 0 saturated carbocycles. The number of nitrogens with zero attached hydrogens (tertiary/aromatic N) is 2. The van der Waals surface area contributed by atoms with Gasteiger partial charge in [-0.25, -0.2) is 0 Å². The van der Waals surface area contributed by atoms with Crippen molar-refractivity contribution in [2.45, 2.75) is 39.3 Å². The van der Waals surface area contributed by atoms with Crippen LogP contribution in [0.3, 0.4) is 0 Å². The van der Waals surface area contributed by atoms with Crippen molar-refractivity contribution in [2.24, 2.45) is 0 Å². The fourth-order valence-electron chi connectivity index (χ4n) is 4.06. The number of phenolic OH excluding ortho intramolecular Hbond substituents is 1. The van der Waals surface area contributed by atoms with Crippen LogP contribution in [-0.4, -0.2) is 33.1 Å². The Balaban J connectivity index is 1.93. The SMILES string of the molecule is Cc1ccc(Cc2cnc3c(O)c4c(c(C(C)(C)O)c3c2)CN(C)C4=O)cc1. The summed E-state index contributed by atoms with van der Waals surface area (Å²) in [7, 11) is 1.69. The van der Waals surface area contributed by atoms with Crippen LogP contribution in [0.4, 0.5) is 0 Å². The molecule has 1 aliphatic rings. The van der Waals surface area contributed by atoms with E-state index in [0.717, 1.165) is 11.1 Å². The highest BCUT2D eigenvalue weighted by Crippen LogP contribution is 2.43. The summed E-state index contributed by atoms with van der Waals surface area (Å²) < 4.78 is 0. The number of benzene rings is 2. The molecule has 28 heavy (non-hydrogen) atoms. The summed E-state index contributed by atoms with van der Waals surface area (Å²) in [6, 6.07) is 10.3. The van der Waals surface area contributed by atoms with E-state index in [0.29, 0.717) is 35.0 Å². The molecule has 0 aliphatic carbocycles. The van der Waals surface area contributed by atoms with E-state index in [9.17, 15) is 15.0 Å². The number of carbonyl (C=O) groups is 1. The summed E-state index contributed by atoms with van der Waals surface area (Å²) in [5.74, 6) is -0.348. The lowest BCUT2D eigenvalue weighted by Gasteiger charge is -2.24. The van der Waals surface area contributed by atoms with Gasteiger partial charge in [-0.3, -0.25) is 9.78 Å². The van der Waals surface area contributed by atoms with Gasteiger partial charge in [0.1, 0.15) is 5.52 Å². The second kappa shape index (κ2) is 6.31. The molecule has 1 aliphatic heterocycles. The standard InChI is InChI=1S/C23H24N2O3/c1-13-5-7-14(8-6-13)9-15-10-16-19(23(2,3)28)17-12-25(4)22(27)18(17)21(26)20(16)24-11-15/h5-8,10-11,26,28H,9,12H2,1-4H3. The van der Waals surface area contributed by atoms with Crippen LogP contribution in [0.5, 0.6) is 5.75 Å². The molecule has 2 N–H and O–H groups in total. The third-order valence-corrected chi connectivity index (χ3v) is 5.37. The van der Waals surface area contributed by atoms with E-state index in [1.54, 1.807) is 32.0 Å². The van der Waals surface area contributed by atoms with Gasteiger partial charge in [0.15, 0.2) is 5.75 Å². The van der Waals surface area contributed by atoms with Gasteiger partial charge in [-0.1, -0.05) is 29.8 Å². The summed E-state index contributed by atoms with van der Waals surface area (Å²) in [5.41, 5.74) is 4.13. The molecular weight excluding hydrogens is 352 g/mol. The number of amides is 1. The van der Waals surface area contributed by atoms with E-state index in [1.807, 2.05) is 6.07 Å². The molecule has 0 spiro atoms. The molecule has 2 aromatic carbocycles. The first-order chi connectivity index (χ1) is 13.2. The Morgan fingerprint density at radius 2 is 1.86 bits per heavy atom. The number of hydrogen-bond acceptors (Lipinski definition) is 4. The summed E-state index contributed by atoms with van der Waals surface area (Å²) >= 11 is 0. The zero-order valence-corrected chi connectivity index (χ0v) is 16.6. The topological polar surface area (TPSA) is 73.7 Å². The molecule has 5 nitrogen and oxygen atoms in total. The van der Waals surface area contributed by atoms with Crippen molar-refractivity contribution in [3.63, 3.8) is 0 Å². The third-order valence-electron chi connectivity index (χ3n) is 5.37. The van der Waals surface area contributed by atoms with Crippen LogP contribution in [0.1, 0.15) is 52.0 Å². The van der Waals surface area contributed by atoms with E-state index in [1.165, 1.54) is 5.56 Å². The molecular formula is C23H24N2O3. The van der Waals surface area contributed by atoms with Crippen LogP contribution >= 0.6 is 0 Å². The molecule has 0 radical (unpaired) electrons. The van der Waals surface area contributed by atoms with Crippen molar-refractivity contribution in [1.29, 1.82) is 0 Å². The van der Waals surface area contributed by atoms with Crippen molar-refractivity contribution in [2.75, 3.05) is 7.05 Å². The maximum Gasteiger partial charge on any atom is 0.258 e. The van der Waals surface area contributed by atoms with Crippen molar-refractivity contribution < 1.29 is 15.0 Å². The minimum atomic E-state index is -1.17. The van der Waals surface area contributed by atoms with Gasteiger partial charge in [0.2, 0.25) is 0 Å². The average Bonchev–Trinajstić information content (AvgIpc) is 2.90. The Morgan fingerprint density at radius 1 is 1.18 bits per heavy atom. The molecule has 144 valence electrons. The smallest absolute Gasteiger partial charge is 0.258 e. The van der Waals surface area contributed by atoms with E-state index < -0.39 is 5.60 Å². The predicted molar refractivity (Wildman–Crippen MR) is 108 cm³/mol. The third kappa shape index (κ3) is 2.92. The molecule has 0 fully saturated rings. The van der Waals surface area contributed by atoms with E-state index >= 15 is 0 Å². The van der Waals surface area contributed by atoms with Crippen LogP contribution < -0.4 is 0 Å². The first-order valence-corrected chi connectivity index (χ1v) is 9.37. The molecule has 0 atom stereocenters. The molecule has 3 aromatic rings. The van der Waals surface area contributed by atoms with Gasteiger partial charge in [0, 0.05) is 25.2 Å². The number of fused-ring (bicyclic) bond motifs is 2. The van der Waals surface area contributed by atoms with Crippen LogP contribution in [0.25, 0.3) is 10.9 Å². The number of aromatic hydroxyl groups is 1. The number of carbonyl (C=O) groups excluding carboxylic acids is 1. The minimum absolute atomic E-state index is 0.103. The second-order valence-corrected chi connectivity index (χ2v) is 8.20. The van der Waals surface area contributed by atoms with Gasteiger partial charge in [-0.05, 0) is 55.5 Å². The maximum atomic E-state index is 12.5. The Kier molecular flexibility index (Phi) is 4.16. The predicted octanol–water partition coefficient (Wildman–Crippen LogP) is 3.65. The maximum absolute atomic E-state index is 12.5. The first kappa shape index (κ1) is 18.4. The summed E-state index contributed by atoms with van der Waals surface area (Å²) in [6.07, 6.45) is 2.43. The number of hydrogen-bond donors (Lipinski definition) is 2. The summed E-state index contributed by atoms with van der Waals surface area (Å²) in [6.45, 7) is 5.82. The average molecular weight is 376 g/mol. The highest BCUT2D eigenvalue weighted by molar-refractivity contribution is 6.07. The summed E-state index contributed by atoms with van der Waals surface area (Å²) in [4.78, 5) is 18.6. The molecule has 0 unspecified atom stereocenters. The quantitative estimate of drug-likeness (QED) is 0.732. The number of rotatable bonds is 3. The van der Waals surface area contributed by atoms with Gasteiger partial charge in [0.25, 0.3) is 5.91 Å². The molecule has 5 heteroatoms. The molecule has 1 amide bonds. The second-order valence-electron chi connectivity index (χ2n) is 8.20. The van der Waals surface area contributed by atoms with Gasteiger partial charge in [-0.15, -0.1) is 0 Å². The molecule has 1 aromatic heterocycles. The monoisotopic (exact) mass is 376 g/mol. The number of aliphatic hydroxyl groups is 1. The van der Waals surface area contributed by atoms with Gasteiger partial charge in [0.05, 0.1) is 11.2 Å². The van der Waals surface area contributed by atoms with Gasteiger partial charge >= 0.3 is 0 Å². The molecule has 0 bridgehead atoms. The van der Waals surface area contributed by atoms with Crippen LogP contribution in [-0.2, 0) is 18.6 Å². The molecule has 2 heterocycles. The zero-order valence-electron chi connectivity index (χ0n) is 16.6. The molecule has 4 rings (SSSR count). The lowest BCUT2D eigenvalue weighted by Crippen LogP contribution is -2.20. The summed E-state index contributed by atoms with van der Waals surface area (Å²) in [5, 5.41) is 22.3.